The van der Waals surface area contributed by atoms with Crippen molar-refractivity contribution >= 4 is 29.5 Å². The zero-order chi connectivity index (χ0) is 37.4. The van der Waals surface area contributed by atoms with Gasteiger partial charge in [-0.1, -0.05) is 70.5 Å². The summed E-state index contributed by atoms with van der Waals surface area (Å²) in [6.07, 6.45) is 4.74. The Bertz CT molecular complexity index is 1400. The van der Waals surface area contributed by atoms with E-state index in [0.29, 0.717) is 37.2 Å². The summed E-state index contributed by atoms with van der Waals surface area (Å²) in [5.74, 6) is -1.24. The smallest absolute Gasteiger partial charge is 0.308 e. The molecule has 1 fully saturated rings. The number of pyridine rings is 1. The minimum Gasteiger partial charge on any atom is -0.469 e. The van der Waals surface area contributed by atoms with E-state index in [4.69, 9.17) is 9.47 Å². The first-order chi connectivity index (χ1) is 23.7. The Morgan fingerprint density at radius 1 is 0.980 bits per heavy atom. The molecule has 5 atom stereocenters. The molecule has 1 saturated heterocycles. The number of likely N-dealkylation sites (N-methyl/N-ethyl adjacent to an activating group) is 1. The largest absolute Gasteiger partial charge is 0.469 e. The second-order valence-electron chi connectivity index (χ2n) is 13.6. The number of ether oxygens (including phenoxy) is 2. The van der Waals surface area contributed by atoms with E-state index in [1.54, 1.807) is 37.1 Å². The van der Waals surface area contributed by atoms with Crippen molar-refractivity contribution in [3.63, 3.8) is 0 Å². The molecule has 0 saturated carbocycles. The normalized spacial score (nSPS) is 16.9. The number of carbonyl (C=O) groups is 5. The van der Waals surface area contributed by atoms with Crippen molar-refractivity contribution in [1.82, 2.24) is 20.1 Å². The van der Waals surface area contributed by atoms with Crippen molar-refractivity contribution in [3.8, 4) is 0 Å². The summed E-state index contributed by atoms with van der Waals surface area (Å²) in [4.78, 5) is 69.1. The highest BCUT2D eigenvalue weighted by atomic mass is 16.5. The number of esters is 2. The summed E-state index contributed by atoms with van der Waals surface area (Å²) in [5.41, 5.74) is 1.60. The molecule has 2 aromatic rings. The molecule has 0 aliphatic carbocycles. The van der Waals surface area contributed by atoms with Crippen LogP contribution in [0.1, 0.15) is 108 Å². The van der Waals surface area contributed by atoms with Crippen LogP contribution in [-0.2, 0) is 35.1 Å². The van der Waals surface area contributed by atoms with E-state index in [0.717, 1.165) is 18.5 Å². The molecule has 1 aromatic carbocycles. The van der Waals surface area contributed by atoms with Gasteiger partial charge in [-0.3, -0.25) is 28.9 Å². The van der Waals surface area contributed by atoms with E-state index in [-0.39, 0.29) is 41.6 Å². The predicted octanol–water partition coefficient (Wildman–Crippen LogP) is 5.57. The SMILES string of the molecule is CCC(=O)[C@H]1CCCCN1C.COC(=O)[C@@H](C)C[C@H](Cc1ccccc1)NC(=O)c1cccc([C@@H](C[C@H](C(C)C)N(C)C(C)=O)OC(C)=O)n1. The molecule has 2 amide bonds. The molecular formula is C39H58N4O7. The average molecular weight is 695 g/mol. The molecule has 1 aromatic heterocycles. The quantitative estimate of drug-likeness (QED) is 0.238. The summed E-state index contributed by atoms with van der Waals surface area (Å²) < 4.78 is 10.5. The van der Waals surface area contributed by atoms with Crippen molar-refractivity contribution < 1.29 is 33.4 Å². The lowest BCUT2D eigenvalue weighted by Gasteiger charge is -2.33. The zero-order valence-electron chi connectivity index (χ0n) is 31.4. The van der Waals surface area contributed by atoms with Gasteiger partial charge in [-0.15, -0.1) is 0 Å². The molecule has 1 aliphatic heterocycles. The number of rotatable bonds is 15. The van der Waals surface area contributed by atoms with Crippen LogP contribution in [0, 0.1) is 11.8 Å². The third-order valence-corrected chi connectivity index (χ3v) is 9.25. The number of ketones is 1. The Morgan fingerprint density at radius 3 is 2.22 bits per heavy atom. The molecule has 11 heteroatoms. The number of hydrogen-bond acceptors (Lipinski definition) is 9. The van der Waals surface area contributed by atoms with Gasteiger partial charge in [0.25, 0.3) is 5.91 Å². The molecule has 0 unspecified atom stereocenters. The highest BCUT2D eigenvalue weighted by molar-refractivity contribution is 5.92. The lowest BCUT2D eigenvalue weighted by atomic mass is 9.94. The van der Waals surface area contributed by atoms with E-state index in [2.05, 4.69) is 22.2 Å². The van der Waals surface area contributed by atoms with Crippen LogP contribution in [0.5, 0.6) is 0 Å². The molecule has 3 rings (SSSR count). The maximum atomic E-state index is 13.3. The number of amides is 2. The van der Waals surface area contributed by atoms with Crippen LogP contribution in [0.2, 0.25) is 0 Å². The van der Waals surface area contributed by atoms with Crippen molar-refractivity contribution in [3.05, 3.63) is 65.5 Å². The number of nitrogens with zero attached hydrogens (tertiary/aromatic N) is 3. The highest BCUT2D eigenvalue weighted by Crippen LogP contribution is 2.27. The van der Waals surface area contributed by atoms with Gasteiger partial charge in [0.1, 0.15) is 17.6 Å². The number of benzene rings is 1. The minimum atomic E-state index is -0.746. The number of likely N-dealkylation sites (tertiary alicyclic amines) is 1. The van der Waals surface area contributed by atoms with Gasteiger partial charge in [0, 0.05) is 45.8 Å². The van der Waals surface area contributed by atoms with Crippen LogP contribution in [0.3, 0.4) is 0 Å². The second-order valence-corrected chi connectivity index (χ2v) is 13.6. The number of piperidine rings is 1. The monoisotopic (exact) mass is 694 g/mol. The Hall–Kier alpha value is -4.12. The maximum absolute atomic E-state index is 13.3. The van der Waals surface area contributed by atoms with Crippen molar-refractivity contribution in [2.45, 2.75) is 111 Å². The van der Waals surface area contributed by atoms with E-state index in [1.165, 1.54) is 33.8 Å². The van der Waals surface area contributed by atoms with Crippen LogP contribution in [0.15, 0.2) is 48.5 Å². The standard InChI is InChI=1S/C30H41N3O6.C9H17NO/c1-19(2)27(33(6)21(4)34)18-28(39-22(5)35)25-14-11-15-26(32-25)29(36)31-24(16-20(3)30(37)38-7)17-23-12-9-8-10-13-23;1-3-9(11)8-6-4-5-7-10(8)2/h8-15,19-20,24,27-28H,16-18H2,1-7H3,(H,31,36);8H,3-7H2,1-2H3/t20-,24+,27+,28+;8-/m01/s1. The van der Waals surface area contributed by atoms with Gasteiger partial charge < -0.3 is 19.7 Å². The molecule has 276 valence electrons. The molecular weight excluding hydrogens is 636 g/mol. The summed E-state index contributed by atoms with van der Waals surface area (Å²) in [7, 11) is 5.12. The van der Waals surface area contributed by atoms with E-state index >= 15 is 0 Å². The molecule has 1 N–H and O–H groups in total. The number of aromatic nitrogens is 1. The summed E-state index contributed by atoms with van der Waals surface area (Å²) >= 11 is 0. The Labute approximate surface area is 298 Å². The van der Waals surface area contributed by atoms with Crippen LogP contribution in [-0.4, -0.2) is 90.2 Å². The maximum Gasteiger partial charge on any atom is 0.308 e. The Morgan fingerprint density at radius 2 is 1.66 bits per heavy atom. The van der Waals surface area contributed by atoms with Gasteiger partial charge in [0.05, 0.1) is 24.8 Å². The van der Waals surface area contributed by atoms with Crippen molar-refractivity contribution in [2.24, 2.45) is 11.8 Å². The Balaban J connectivity index is 0.000000666. The summed E-state index contributed by atoms with van der Waals surface area (Å²) in [6, 6.07) is 14.4. The number of carbonyl (C=O) groups excluding carboxylic acids is 5. The fourth-order valence-electron chi connectivity index (χ4n) is 6.31. The minimum absolute atomic E-state index is 0.0954. The molecule has 2 heterocycles. The molecule has 0 radical (unpaired) electrons. The molecule has 50 heavy (non-hydrogen) atoms. The summed E-state index contributed by atoms with van der Waals surface area (Å²) in [6.45, 7) is 11.6. The van der Waals surface area contributed by atoms with E-state index < -0.39 is 23.9 Å². The van der Waals surface area contributed by atoms with Gasteiger partial charge in [-0.05, 0) is 62.9 Å². The average Bonchev–Trinajstić information content (AvgIpc) is 3.09. The molecule has 0 bridgehead atoms. The first kappa shape index (κ1) is 42.0. The topological polar surface area (TPSA) is 135 Å². The van der Waals surface area contributed by atoms with Crippen LogP contribution < -0.4 is 5.32 Å². The lowest BCUT2D eigenvalue weighted by Crippen LogP contribution is -2.41. The van der Waals surface area contributed by atoms with E-state index in [9.17, 15) is 24.0 Å². The van der Waals surface area contributed by atoms with E-state index in [1.807, 2.05) is 51.1 Å². The summed E-state index contributed by atoms with van der Waals surface area (Å²) in [5, 5.41) is 3.02. The van der Waals surface area contributed by atoms with Gasteiger partial charge in [-0.2, -0.15) is 0 Å². The van der Waals surface area contributed by atoms with Gasteiger partial charge >= 0.3 is 11.9 Å². The first-order valence-electron chi connectivity index (χ1n) is 17.7. The third kappa shape index (κ3) is 13.7. The molecule has 11 nitrogen and oxygen atoms in total. The van der Waals surface area contributed by atoms with Crippen molar-refractivity contribution in [1.29, 1.82) is 0 Å². The fraction of sp³-hybridized carbons (Fsp3) is 0.590. The van der Waals surface area contributed by atoms with Gasteiger partial charge in [0.15, 0.2) is 0 Å². The molecule has 0 spiro atoms. The number of hydrogen-bond donors (Lipinski definition) is 1. The second kappa shape index (κ2) is 21.2. The number of Topliss-reactive ketones (excluding diaryl/α,β-unsaturated/α-hetero) is 1. The lowest BCUT2D eigenvalue weighted by molar-refractivity contribution is -0.148. The highest BCUT2D eigenvalue weighted by Gasteiger charge is 2.29. The zero-order valence-corrected chi connectivity index (χ0v) is 31.4. The predicted molar refractivity (Wildman–Crippen MR) is 193 cm³/mol. The number of methoxy groups -OCH3 is 1. The van der Waals surface area contributed by atoms with Crippen LogP contribution in [0.4, 0.5) is 0 Å². The van der Waals surface area contributed by atoms with Crippen LogP contribution in [0.25, 0.3) is 0 Å². The van der Waals surface area contributed by atoms with Crippen molar-refractivity contribution in [2.75, 3.05) is 27.7 Å². The first-order valence-corrected chi connectivity index (χ1v) is 17.7. The third-order valence-electron chi connectivity index (χ3n) is 9.25. The Kier molecular flexibility index (Phi) is 17.8. The van der Waals surface area contributed by atoms with Crippen LogP contribution >= 0.6 is 0 Å². The fourth-order valence-corrected chi connectivity index (χ4v) is 6.31. The number of nitrogens with one attached hydrogen (secondary N) is 1. The van der Waals surface area contributed by atoms with Gasteiger partial charge in [0.2, 0.25) is 5.91 Å². The van der Waals surface area contributed by atoms with Gasteiger partial charge in [-0.25, -0.2) is 4.98 Å². The molecule has 1 aliphatic rings.